The Morgan fingerprint density at radius 2 is 1.80 bits per heavy atom. The lowest BCUT2D eigenvalue weighted by molar-refractivity contribution is 0.485. The molecule has 20 heavy (non-hydrogen) atoms. The lowest BCUT2D eigenvalue weighted by Crippen LogP contribution is -1.92. The van der Waals surface area contributed by atoms with E-state index in [0.717, 1.165) is 12.2 Å². The minimum atomic E-state index is 0.546. The van der Waals surface area contributed by atoms with Gasteiger partial charge in [0.15, 0.2) is 0 Å². The molecule has 0 saturated carbocycles. The predicted molar refractivity (Wildman–Crippen MR) is 85.6 cm³/mol. The van der Waals surface area contributed by atoms with Crippen LogP contribution in [0.4, 0.5) is 5.69 Å². The van der Waals surface area contributed by atoms with Crippen molar-refractivity contribution in [3.8, 4) is 11.5 Å². The van der Waals surface area contributed by atoms with Crippen LogP contribution in [0.15, 0.2) is 42.5 Å². The lowest BCUT2D eigenvalue weighted by Gasteiger charge is -2.09. The minimum Gasteiger partial charge on any atom is -0.455 e. The average Bonchev–Trinajstić information content (AvgIpc) is 2.44. The van der Waals surface area contributed by atoms with Gasteiger partial charge in [0, 0.05) is 5.02 Å². The number of nitrogen functional groups attached to an aromatic ring is 1. The molecule has 0 aromatic heterocycles. The number of ether oxygens (including phenoxy) is 1. The summed E-state index contributed by atoms with van der Waals surface area (Å²) in [6.45, 7) is 2.22. The van der Waals surface area contributed by atoms with Gasteiger partial charge in [-0.05, 0) is 48.7 Å². The quantitative estimate of drug-likeness (QED) is 0.567. The van der Waals surface area contributed by atoms with Crippen molar-refractivity contribution >= 4 is 17.3 Å². The molecule has 0 aliphatic heterocycles. The lowest BCUT2D eigenvalue weighted by atomic mass is 10.1. The second-order valence-electron chi connectivity index (χ2n) is 4.89. The van der Waals surface area contributed by atoms with Crippen molar-refractivity contribution in [2.75, 3.05) is 5.73 Å². The fraction of sp³-hybridized carbons (Fsp3) is 0.294. The van der Waals surface area contributed by atoms with E-state index in [0.29, 0.717) is 16.5 Å². The van der Waals surface area contributed by atoms with Crippen LogP contribution < -0.4 is 10.5 Å². The number of unbranched alkanes of at least 4 members (excludes halogenated alkanes) is 2. The Morgan fingerprint density at radius 1 is 1.05 bits per heavy atom. The number of benzene rings is 2. The van der Waals surface area contributed by atoms with Crippen molar-refractivity contribution in [1.29, 1.82) is 0 Å². The van der Waals surface area contributed by atoms with Crippen molar-refractivity contribution in [3.63, 3.8) is 0 Å². The molecule has 0 aliphatic rings. The summed E-state index contributed by atoms with van der Waals surface area (Å²) in [5.74, 6) is 1.42. The number of hydrogen-bond acceptors (Lipinski definition) is 2. The third-order valence-electron chi connectivity index (χ3n) is 3.19. The maximum absolute atomic E-state index is 5.87. The molecule has 2 rings (SSSR count). The first-order chi connectivity index (χ1) is 9.69. The Kier molecular flexibility index (Phi) is 5.31. The molecule has 0 aliphatic carbocycles. The Hall–Kier alpha value is -1.67. The molecule has 3 heteroatoms. The van der Waals surface area contributed by atoms with Gasteiger partial charge in [0.25, 0.3) is 0 Å². The summed E-state index contributed by atoms with van der Waals surface area (Å²) in [5.41, 5.74) is 7.76. The van der Waals surface area contributed by atoms with E-state index in [-0.39, 0.29) is 0 Å². The fourth-order valence-corrected chi connectivity index (χ4v) is 2.22. The van der Waals surface area contributed by atoms with E-state index in [9.17, 15) is 0 Å². The van der Waals surface area contributed by atoms with E-state index in [1.165, 1.54) is 24.8 Å². The largest absolute Gasteiger partial charge is 0.455 e. The highest BCUT2D eigenvalue weighted by molar-refractivity contribution is 6.30. The van der Waals surface area contributed by atoms with Gasteiger partial charge in [-0.25, -0.2) is 0 Å². The summed E-state index contributed by atoms with van der Waals surface area (Å²) in [7, 11) is 0. The summed E-state index contributed by atoms with van der Waals surface area (Å²) in [6.07, 6.45) is 4.88. The smallest absolute Gasteiger partial charge is 0.150 e. The van der Waals surface area contributed by atoms with Crippen molar-refractivity contribution in [2.45, 2.75) is 32.6 Å². The van der Waals surface area contributed by atoms with Gasteiger partial charge in [0.2, 0.25) is 0 Å². The Bertz CT molecular complexity index is 551. The van der Waals surface area contributed by atoms with Gasteiger partial charge in [0.1, 0.15) is 11.5 Å². The fourth-order valence-electron chi connectivity index (χ4n) is 2.04. The second kappa shape index (κ2) is 7.20. The van der Waals surface area contributed by atoms with E-state index in [1.807, 2.05) is 12.1 Å². The van der Waals surface area contributed by atoms with Gasteiger partial charge in [-0.2, -0.15) is 0 Å². The summed E-state index contributed by atoms with van der Waals surface area (Å²) < 4.78 is 5.76. The Balaban J connectivity index is 1.99. The van der Waals surface area contributed by atoms with E-state index >= 15 is 0 Å². The van der Waals surface area contributed by atoms with Crippen molar-refractivity contribution in [1.82, 2.24) is 0 Å². The SMILES string of the molecule is CCCCCc1ccc(Oc2ccc(Cl)cc2N)cc1. The van der Waals surface area contributed by atoms with Gasteiger partial charge in [-0.15, -0.1) is 0 Å². The monoisotopic (exact) mass is 289 g/mol. The molecule has 2 nitrogen and oxygen atoms in total. The van der Waals surface area contributed by atoms with Crippen LogP contribution in [0, 0.1) is 0 Å². The zero-order valence-electron chi connectivity index (χ0n) is 11.7. The first-order valence-corrected chi connectivity index (χ1v) is 7.38. The predicted octanol–water partition coefficient (Wildman–Crippen LogP) is 5.45. The van der Waals surface area contributed by atoms with Gasteiger partial charge in [-0.3, -0.25) is 0 Å². The third-order valence-corrected chi connectivity index (χ3v) is 3.43. The Labute approximate surface area is 125 Å². The van der Waals surface area contributed by atoms with E-state index in [1.54, 1.807) is 18.2 Å². The van der Waals surface area contributed by atoms with Crippen molar-refractivity contribution < 1.29 is 4.74 Å². The number of nitrogens with two attached hydrogens (primary N) is 1. The molecular formula is C17H20ClNO. The number of aryl methyl sites for hydroxylation is 1. The van der Waals surface area contributed by atoms with Crippen LogP contribution in [-0.2, 0) is 6.42 Å². The maximum atomic E-state index is 5.87. The van der Waals surface area contributed by atoms with E-state index in [2.05, 4.69) is 19.1 Å². The van der Waals surface area contributed by atoms with Gasteiger partial charge >= 0.3 is 0 Å². The number of anilines is 1. The molecule has 0 spiro atoms. The minimum absolute atomic E-state index is 0.546. The molecule has 0 saturated heterocycles. The molecule has 0 atom stereocenters. The van der Waals surface area contributed by atoms with Crippen LogP contribution in [0.25, 0.3) is 0 Å². The molecule has 0 bridgehead atoms. The third kappa shape index (κ3) is 4.17. The number of rotatable bonds is 6. The number of hydrogen-bond donors (Lipinski definition) is 1. The topological polar surface area (TPSA) is 35.2 Å². The summed E-state index contributed by atoms with van der Waals surface area (Å²) in [6, 6.07) is 13.4. The normalized spacial score (nSPS) is 10.5. The first kappa shape index (κ1) is 14.7. The van der Waals surface area contributed by atoms with Crippen LogP contribution >= 0.6 is 11.6 Å². The molecule has 2 N–H and O–H groups in total. The molecule has 0 fully saturated rings. The molecule has 2 aromatic rings. The van der Waals surface area contributed by atoms with Gasteiger partial charge in [0.05, 0.1) is 5.69 Å². The summed E-state index contributed by atoms with van der Waals surface area (Å²) >= 11 is 5.87. The standard InChI is InChI=1S/C17H20ClNO/c1-2-3-4-5-13-6-9-15(10-7-13)20-17-11-8-14(18)12-16(17)19/h6-12H,2-5,19H2,1H3. The molecule has 0 radical (unpaired) electrons. The molecule has 106 valence electrons. The first-order valence-electron chi connectivity index (χ1n) is 7.01. The summed E-state index contributed by atoms with van der Waals surface area (Å²) in [5, 5.41) is 0.612. The van der Waals surface area contributed by atoms with Crippen LogP contribution in [-0.4, -0.2) is 0 Å². The van der Waals surface area contributed by atoms with Crippen LogP contribution in [0.5, 0.6) is 11.5 Å². The van der Waals surface area contributed by atoms with Crippen molar-refractivity contribution in [2.24, 2.45) is 0 Å². The van der Waals surface area contributed by atoms with Crippen molar-refractivity contribution in [3.05, 3.63) is 53.1 Å². The van der Waals surface area contributed by atoms with Crippen LogP contribution in [0.1, 0.15) is 31.7 Å². The molecule has 2 aromatic carbocycles. The average molecular weight is 290 g/mol. The van der Waals surface area contributed by atoms with Crippen LogP contribution in [0.2, 0.25) is 5.02 Å². The molecular weight excluding hydrogens is 270 g/mol. The Morgan fingerprint density at radius 3 is 2.45 bits per heavy atom. The zero-order valence-corrected chi connectivity index (χ0v) is 12.5. The highest BCUT2D eigenvalue weighted by Gasteiger charge is 2.03. The van der Waals surface area contributed by atoms with E-state index in [4.69, 9.17) is 22.1 Å². The van der Waals surface area contributed by atoms with E-state index < -0.39 is 0 Å². The zero-order chi connectivity index (χ0) is 14.4. The van der Waals surface area contributed by atoms with Crippen LogP contribution in [0.3, 0.4) is 0 Å². The maximum Gasteiger partial charge on any atom is 0.150 e. The van der Waals surface area contributed by atoms with Gasteiger partial charge in [-0.1, -0.05) is 43.5 Å². The molecule has 0 unspecified atom stereocenters. The molecule has 0 amide bonds. The summed E-state index contributed by atoms with van der Waals surface area (Å²) in [4.78, 5) is 0. The highest BCUT2D eigenvalue weighted by atomic mass is 35.5. The highest BCUT2D eigenvalue weighted by Crippen LogP contribution is 2.29. The van der Waals surface area contributed by atoms with Gasteiger partial charge < -0.3 is 10.5 Å². The second-order valence-corrected chi connectivity index (χ2v) is 5.32. The number of halogens is 1. The molecule has 0 heterocycles.